The van der Waals surface area contributed by atoms with Gasteiger partial charge in [-0.25, -0.2) is 4.79 Å². The molecule has 1 heterocycles. The molecular formula is C21H20N4O3. The highest BCUT2D eigenvalue weighted by atomic mass is 16.2. The van der Waals surface area contributed by atoms with Crippen molar-refractivity contribution in [2.45, 2.75) is 25.3 Å². The second-order valence-corrected chi connectivity index (χ2v) is 6.58. The number of urea groups is 1. The Bertz CT molecular complexity index is 952. The van der Waals surface area contributed by atoms with E-state index >= 15 is 0 Å². The van der Waals surface area contributed by atoms with Gasteiger partial charge in [0.15, 0.2) is 0 Å². The summed E-state index contributed by atoms with van der Waals surface area (Å²) in [7, 11) is 0. The zero-order valence-electron chi connectivity index (χ0n) is 15.4. The number of nitrogens with one attached hydrogen (secondary N) is 2. The van der Waals surface area contributed by atoms with Gasteiger partial charge in [0, 0.05) is 5.69 Å². The highest BCUT2D eigenvalue weighted by Crippen LogP contribution is 2.33. The normalized spacial score (nSPS) is 18.5. The Morgan fingerprint density at radius 2 is 1.93 bits per heavy atom. The molecule has 0 unspecified atom stereocenters. The Hall–Kier alpha value is -3.66. The number of nitriles is 1. The number of anilines is 1. The van der Waals surface area contributed by atoms with E-state index in [9.17, 15) is 14.4 Å². The van der Waals surface area contributed by atoms with E-state index in [1.165, 1.54) is 6.07 Å². The van der Waals surface area contributed by atoms with Crippen LogP contribution in [0.5, 0.6) is 0 Å². The van der Waals surface area contributed by atoms with Crippen LogP contribution in [0.1, 0.15) is 30.9 Å². The molecule has 0 aliphatic carbocycles. The lowest BCUT2D eigenvalue weighted by atomic mass is 9.85. The molecule has 0 saturated carbocycles. The van der Waals surface area contributed by atoms with E-state index in [2.05, 4.69) is 10.6 Å². The van der Waals surface area contributed by atoms with E-state index in [0.29, 0.717) is 29.7 Å². The largest absolute Gasteiger partial charge is 0.325 e. The molecule has 0 radical (unpaired) electrons. The van der Waals surface area contributed by atoms with Gasteiger partial charge in [0.2, 0.25) is 5.91 Å². The molecule has 1 fully saturated rings. The molecule has 7 heteroatoms. The molecule has 28 heavy (non-hydrogen) atoms. The Balaban J connectivity index is 1.79. The van der Waals surface area contributed by atoms with Gasteiger partial charge in [-0.3, -0.25) is 14.5 Å². The van der Waals surface area contributed by atoms with E-state index in [-0.39, 0.29) is 0 Å². The van der Waals surface area contributed by atoms with Crippen molar-refractivity contribution in [2.75, 3.05) is 11.9 Å². The molecule has 1 saturated heterocycles. The summed E-state index contributed by atoms with van der Waals surface area (Å²) in [6, 6.07) is 16.9. The Morgan fingerprint density at radius 3 is 2.61 bits per heavy atom. The number of carbonyl (C=O) groups is 3. The standard InChI is InChI=1S/C21H20N4O3/c1-2-11-21(16-8-4-3-5-9-16)19(27)25(20(28)24-21)14-18(26)23-17-10-6-7-15(12-17)13-22/h3-10,12H,2,11,14H2,1H3,(H,23,26)(H,24,28)/t21-/m1/s1. The lowest BCUT2D eigenvalue weighted by molar-refractivity contribution is -0.134. The third-order valence-corrected chi connectivity index (χ3v) is 4.64. The van der Waals surface area contributed by atoms with Crippen LogP contribution in [0, 0.1) is 11.3 Å². The average molecular weight is 376 g/mol. The summed E-state index contributed by atoms with van der Waals surface area (Å²) in [5.41, 5.74) is 0.367. The second kappa shape index (κ2) is 7.92. The minimum absolute atomic E-state index is 0.402. The predicted octanol–water partition coefficient (Wildman–Crippen LogP) is 2.74. The zero-order chi connectivity index (χ0) is 20.1. The zero-order valence-corrected chi connectivity index (χ0v) is 15.4. The number of hydrogen-bond donors (Lipinski definition) is 2. The fourth-order valence-electron chi connectivity index (χ4n) is 3.39. The van der Waals surface area contributed by atoms with Crippen LogP contribution in [-0.2, 0) is 15.1 Å². The van der Waals surface area contributed by atoms with Gasteiger partial charge in [0.05, 0.1) is 11.6 Å². The lowest BCUT2D eigenvalue weighted by Crippen LogP contribution is -2.44. The minimum Gasteiger partial charge on any atom is -0.324 e. The molecule has 2 aromatic carbocycles. The smallest absolute Gasteiger partial charge is 0.324 e. The molecule has 1 aliphatic heterocycles. The third kappa shape index (κ3) is 3.58. The molecule has 4 amide bonds. The maximum atomic E-state index is 13.1. The highest BCUT2D eigenvalue weighted by Gasteiger charge is 2.52. The first-order valence-electron chi connectivity index (χ1n) is 9.00. The summed E-state index contributed by atoms with van der Waals surface area (Å²) in [6.07, 6.45) is 1.12. The molecule has 7 nitrogen and oxygen atoms in total. The van der Waals surface area contributed by atoms with Crippen LogP contribution < -0.4 is 10.6 Å². The van der Waals surface area contributed by atoms with Gasteiger partial charge in [-0.1, -0.05) is 49.7 Å². The summed E-state index contributed by atoms with van der Waals surface area (Å²) in [5, 5.41) is 14.3. The second-order valence-electron chi connectivity index (χ2n) is 6.58. The fraction of sp³-hybridized carbons (Fsp3) is 0.238. The van der Waals surface area contributed by atoms with Crippen molar-refractivity contribution >= 4 is 23.5 Å². The first-order chi connectivity index (χ1) is 13.5. The van der Waals surface area contributed by atoms with Crippen molar-refractivity contribution in [3.63, 3.8) is 0 Å². The molecule has 2 aromatic rings. The molecule has 0 bridgehead atoms. The maximum absolute atomic E-state index is 13.1. The number of nitrogens with zero attached hydrogens (tertiary/aromatic N) is 2. The number of benzene rings is 2. The Kier molecular flexibility index (Phi) is 5.41. The van der Waals surface area contributed by atoms with Crippen molar-refractivity contribution in [3.05, 3.63) is 65.7 Å². The minimum atomic E-state index is -1.16. The van der Waals surface area contributed by atoms with Crippen LogP contribution in [-0.4, -0.2) is 29.3 Å². The van der Waals surface area contributed by atoms with Gasteiger partial charge >= 0.3 is 6.03 Å². The van der Waals surface area contributed by atoms with Gasteiger partial charge in [-0.15, -0.1) is 0 Å². The molecule has 1 atom stereocenters. The highest BCUT2D eigenvalue weighted by molar-refractivity contribution is 6.10. The van der Waals surface area contributed by atoms with Crippen molar-refractivity contribution in [1.29, 1.82) is 5.26 Å². The number of hydrogen-bond acceptors (Lipinski definition) is 4. The van der Waals surface area contributed by atoms with E-state index in [4.69, 9.17) is 5.26 Å². The van der Waals surface area contributed by atoms with Crippen LogP contribution in [0.25, 0.3) is 0 Å². The summed E-state index contributed by atoms with van der Waals surface area (Å²) in [4.78, 5) is 39.0. The van der Waals surface area contributed by atoms with Gasteiger partial charge in [0.1, 0.15) is 12.1 Å². The lowest BCUT2D eigenvalue weighted by Gasteiger charge is -2.26. The summed E-state index contributed by atoms with van der Waals surface area (Å²) < 4.78 is 0. The molecule has 3 rings (SSSR count). The Morgan fingerprint density at radius 1 is 1.18 bits per heavy atom. The van der Waals surface area contributed by atoms with Gasteiger partial charge in [-0.05, 0) is 30.2 Å². The van der Waals surface area contributed by atoms with Crippen LogP contribution in [0.15, 0.2) is 54.6 Å². The topological polar surface area (TPSA) is 102 Å². The fourth-order valence-corrected chi connectivity index (χ4v) is 3.39. The predicted molar refractivity (Wildman–Crippen MR) is 103 cm³/mol. The SMILES string of the molecule is CCC[C@]1(c2ccccc2)NC(=O)N(CC(=O)Nc2cccc(C#N)c2)C1=O. The number of rotatable bonds is 6. The van der Waals surface area contributed by atoms with Gasteiger partial charge < -0.3 is 10.6 Å². The molecular weight excluding hydrogens is 356 g/mol. The van der Waals surface area contributed by atoms with Crippen molar-refractivity contribution in [2.24, 2.45) is 0 Å². The van der Waals surface area contributed by atoms with Gasteiger partial charge in [-0.2, -0.15) is 5.26 Å². The van der Waals surface area contributed by atoms with Crippen molar-refractivity contribution in [3.8, 4) is 6.07 Å². The number of amides is 4. The molecule has 0 spiro atoms. The molecule has 0 aromatic heterocycles. The van der Waals surface area contributed by atoms with E-state index < -0.39 is 29.9 Å². The number of imide groups is 1. The van der Waals surface area contributed by atoms with E-state index in [1.807, 2.05) is 31.2 Å². The molecule has 2 N–H and O–H groups in total. The summed E-state index contributed by atoms with van der Waals surface area (Å²) >= 11 is 0. The van der Waals surface area contributed by atoms with E-state index in [1.54, 1.807) is 30.3 Å². The van der Waals surface area contributed by atoms with Gasteiger partial charge in [0.25, 0.3) is 5.91 Å². The molecule has 142 valence electrons. The van der Waals surface area contributed by atoms with Crippen molar-refractivity contribution in [1.82, 2.24) is 10.2 Å². The quantitative estimate of drug-likeness (QED) is 0.757. The van der Waals surface area contributed by atoms with E-state index in [0.717, 1.165) is 4.90 Å². The van der Waals surface area contributed by atoms with Crippen LogP contribution in [0.4, 0.5) is 10.5 Å². The van der Waals surface area contributed by atoms with Crippen LogP contribution >= 0.6 is 0 Å². The third-order valence-electron chi connectivity index (χ3n) is 4.64. The monoisotopic (exact) mass is 376 g/mol. The van der Waals surface area contributed by atoms with Crippen LogP contribution in [0.3, 0.4) is 0 Å². The molecule has 1 aliphatic rings. The first-order valence-corrected chi connectivity index (χ1v) is 9.00. The average Bonchev–Trinajstić information content (AvgIpc) is 2.94. The maximum Gasteiger partial charge on any atom is 0.325 e. The number of carbonyl (C=O) groups excluding carboxylic acids is 3. The van der Waals surface area contributed by atoms with Crippen molar-refractivity contribution < 1.29 is 14.4 Å². The summed E-state index contributed by atoms with van der Waals surface area (Å²) in [5.74, 6) is -0.953. The van der Waals surface area contributed by atoms with Crippen LogP contribution in [0.2, 0.25) is 0 Å². The Labute approximate surface area is 163 Å². The summed E-state index contributed by atoms with van der Waals surface area (Å²) in [6.45, 7) is 1.53. The first kappa shape index (κ1) is 19.1.